The van der Waals surface area contributed by atoms with Gasteiger partial charge >= 0.3 is 0 Å². The van der Waals surface area contributed by atoms with E-state index in [-0.39, 0.29) is 24.8 Å². The summed E-state index contributed by atoms with van der Waals surface area (Å²) in [5, 5.41) is 0. The summed E-state index contributed by atoms with van der Waals surface area (Å²) in [7, 11) is 0. The summed E-state index contributed by atoms with van der Waals surface area (Å²) in [5.74, 6) is 2.29. The van der Waals surface area contributed by atoms with Gasteiger partial charge in [-0.25, -0.2) is 0 Å². The number of rotatable bonds is 4. The number of halogens is 2. The van der Waals surface area contributed by atoms with Crippen LogP contribution < -0.4 is 18.1 Å². The summed E-state index contributed by atoms with van der Waals surface area (Å²) in [6, 6.07) is 0.341. The molecule has 0 fully saturated rings. The maximum atomic E-state index is 6.21. The van der Waals surface area contributed by atoms with E-state index >= 15 is 0 Å². The van der Waals surface area contributed by atoms with Gasteiger partial charge in [0.1, 0.15) is 6.54 Å². The first-order valence-electron chi connectivity index (χ1n) is 6.78. The molecule has 0 aromatic carbocycles. The Morgan fingerprint density at radius 3 is 2.61 bits per heavy atom. The molecule has 18 heavy (non-hydrogen) atoms. The van der Waals surface area contributed by atoms with Crippen LogP contribution in [0, 0.1) is 5.92 Å². The van der Waals surface area contributed by atoms with E-state index in [1.807, 2.05) is 0 Å². The van der Waals surface area contributed by atoms with Gasteiger partial charge in [0, 0.05) is 12.5 Å². The molecule has 0 saturated heterocycles. The van der Waals surface area contributed by atoms with E-state index in [1.54, 1.807) is 5.84 Å². The smallest absolute Gasteiger partial charge is 0.247 e. The van der Waals surface area contributed by atoms with Gasteiger partial charge in [0.25, 0.3) is 0 Å². The lowest BCUT2D eigenvalue weighted by Gasteiger charge is -2.26. The number of nitrogens with two attached hydrogens (primary N) is 1. The molecule has 2 aliphatic rings. The van der Waals surface area contributed by atoms with E-state index < -0.39 is 0 Å². The van der Waals surface area contributed by atoms with Crippen molar-refractivity contribution in [1.29, 1.82) is 0 Å². The Bertz CT molecular complexity index is 279. The van der Waals surface area contributed by atoms with Crippen LogP contribution in [0.1, 0.15) is 39.5 Å². The Balaban J connectivity index is 0.00000144. The largest absolute Gasteiger partial charge is 1.00 e. The molecule has 0 unspecified atom stereocenters. The zero-order valence-electron chi connectivity index (χ0n) is 11.6. The molecule has 5 heteroatoms. The Hall–Kier alpha value is 0.01000. The minimum absolute atomic E-state index is 0. The fraction of sp³-hybridized carbons (Fsp3) is 0.923. The minimum atomic E-state index is 0. The van der Waals surface area contributed by atoms with Crippen molar-refractivity contribution in [3.63, 3.8) is 0 Å². The van der Waals surface area contributed by atoms with Crippen molar-refractivity contribution < 1.29 is 17.0 Å². The zero-order chi connectivity index (χ0) is 11.5. The Morgan fingerprint density at radius 1 is 1.28 bits per heavy atom. The summed E-state index contributed by atoms with van der Waals surface area (Å²) < 4.78 is 2.56. The zero-order valence-corrected chi connectivity index (χ0v) is 13.1. The molecule has 1 atom stereocenters. The maximum Gasteiger partial charge on any atom is 0.247 e. The highest BCUT2D eigenvalue weighted by Gasteiger charge is 2.31. The molecule has 2 heterocycles. The van der Waals surface area contributed by atoms with Gasteiger partial charge in [0.2, 0.25) is 5.84 Å². The monoisotopic (exact) mass is 295 g/mol. The van der Waals surface area contributed by atoms with Crippen molar-refractivity contribution in [3.8, 4) is 0 Å². The van der Waals surface area contributed by atoms with Crippen LogP contribution in [0.15, 0.2) is 0 Å². The topological polar surface area (TPSA) is 32.3 Å². The predicted octanol–water partition coefficient (Wildman–Crippen LogP) is -1.30. The molecule has 0 aromatic rings. The van der Waals surface area contributed by atoms with Crippen LogP contribution in [0.4, 0.5) is 0 Å². The third-order valence-corrected chi connectivity index (χ3v) is 3.64. The molecule has 108 valence electrons. The van der Waals surface area contributed by atoms with Crippen molar-refractivity contribution in [2.45, 2.75) is 45.6 Å². The lowest BCUT2D eigenvalue weighted by Crippen LogP contribution is -3.00. The van der Waals surface area contributed by atoms with Crippen LogP contribution in [-0.4, -0.2) is 47.5 Å². The molecule has 2 rings (SSSR count). The van der Waals surface area contributed by atoms with Gasteiger partial charge in [-0.05, 0) is 18.8 Å². The standard InChI is InChI=1S/C13H26N3.2ClH/c1-11(2)9-12(14)10-16-8-4-7-15-6-3-5-13(15)16;;/h11-12H,3-10,14H2,1-2H3;2*1H/q+1;;/p-1/t12-;;/m0../s1. The fourth-order valence-corrected chi connectivity index (χ4v) is 3.06. The summed E-state index contributed by atoms with van der Waals surface area (Å²) in [6.07, 6.45) is 5.06. The lowest BCUT2D eigenvalue weighted by atomic mass is 10.0. The van der Waals surface area contributed by atoms with Crippen LogP contribution in [0.2, 0.25) is 0 Å². The Labute approximate surface area is 124 Å². The SMILES string of the molecule is CC(C)C[C@H](N)CN1CCC[N+]2=C1CCC2.Cl.[Cl-]. The molecular weight excluding hydrogens is 269 g/mol. The average Bonchev–Trinajstić information content (AvgIpc) is 2.65. The van der Waals surface area contributed by atoms with Gasteiger partial charge in [-0.2, -0.15) is 0 Å². The highest BCUT2D eigenvalue weighted by atomic mass is 35.5. The molecule has 0 spiro atoms. The molecule has 2 N–H and O–H groups in total. The molecule has 0 aromatic heterocycles. The highest BCUT2D eigenvalue weighted by Crippen LogP contribution is 2.15. The summed E-state index contributed by atoms with van der Waals surface area (Å²) >= 11 is 0. The van der Waals surface area contributed by atoms with E-state index in [4.69, 9.17) is 5.73 Å². The molecule has 0 saturated carbocycles. The van der Waals surface area contributed by atoms with Gasteiger partial charge < -0.3 is 18.1 Å². The van der Waals surface area contributed by atoms with Crippen LogP contribution in [0.3, 0.4) is 0 Å². The van der Waals surface area contributed by atoms with Crippen molar-refractivity contribution >= 4 is 18.2 Å². The number of nitrogens with zero attached hydrogens (tertiary/aromatic N) is 2. The second kappa shape index (κ2) is 8.23. The van der Waals surface area contributed by atoms with Gasteiger partial charge in [0.05, 0.1) is 26.1 Å². The predicted molar refractivity (Wildman–Crippen MR) is 75.1 cm³/mol. The van der Waals surface area contributed by atoms with Crippen molar-refractivity contribution in [2.24, 2.45) is 11.7 Å². The van der Waals surface area contributed by atoms with Gasteiger partial charge in [-0.1, -0.05) is 13.8 Å². The summed E-state index contributed by atoms with van der Waals surface area (Å²) in [5.41, 5.74) is 6.21. The van der Waals surface area contributed by atoms with Crippen LogP contribution >= 0.6 is 12.4 Å². The van der Waals surface area contributed by atoms with Crippen molar-refractivity contribution in [2.75, 3.05) is 26.2 Å². The fourth-order valence-electron chi connectivity index (χ4n) is 3.06. The van der Waals surface area contributed by atoms with Crippen LogP contribution in [0.25, 0.3) is 0 Å². The minimum Gasteiger partial charge on any atom is -1.00 e. The average molecular weight is 296 g/mol. The quantitative estimate of drug-likeness (QED) is 0.654. The van der Waals surface area contributed by atoms with E-state index in [0.29, 0.717) is 12.0 Å². The lowest BCUT2D eigenvalue weighted by molar-refractivity contribution is -0.530. The molecular formula is C13H27Cl2N3. The second-order valence-electron chi connectivity index (χ2n) is 5.70. The van der Waals surface area contributed by atoms with Crippen molar-refractivity contribution in [1.82, 2.24) is 4.90 Å². The molecule has 2 aliphatic heterocycles. The van der Waals surface area contributed by atoms with E-state index in [0.717, 1.165) is 13.0 Å². The Kier molecular flexibility index (Phi) is 8.24. The van der Waals surface area contributed by atoms with Crippen LogP contribution in [-0.2, 0) is 0 Å². The molecule has 0 amide bonds. The highest BCUT2D eigenvalue weighted by molar-refractivity contribution is 5.85. The van der Waals surface area contributed by atoms with Crippen molar-refractivity contribution in [3.05, 3.63) is 0 Å². The van der Waals surface area contributed by atoms with Gasteiger partial charge in [-0.3, -0.25) is 9.48 Å². The second-order valence-corrected chi connectivity index (χ2v) is 5.70. The molecule has 0 radical (unpaired) electrons. The molecule has 0 bridgehead atoms. The Morgan fingerprint density at radius 2 is 1.94 bits per heavy atom. The first kappa shape index (κ1) is 18.0. The number of amidine groups is 1. The number of hydrogen-bond donors (Lipinski definition) is 1. The molecule has 3 nitrogen and oxygen atoms in total. The summed E-state index contributed by atoms with van der Waals surface area (Å²) in [6.45, 7) is 9.33. The summed E-state index contributed by atoms with van der Waals surface area (Å²) in [4.78, 5) is 2.55. The normalized spacial score (nSPS) is 20.3. The van der Waals surface area contributed by atoms with E-state index in [1.165, 1.54) is 38.9 Å². The van der Waals surface area contributed by atoms with Gasteiger partial charge in [-0.15, -0.1) is 12.4 Å². The van der Waals surface area contributed by atoms with E-state index in [9.17, 15) is 0 Å². The van der Waals surface area contributed by atoms with Gasteiger partial charge in [0.15, 0.2) is 0 Å². The van der Waals surface area contributed by atoms with Crippen LogP contribution in [0.5, 0.6) is 0 Å². The third-order valence-electron chi connectivity index (χ3n) is 3.64. The molecule has 0 aliphatic carbocycles. The van der Waals surface area contributed by atoms with E-state index in [2.05, 4.69) is 23.3 Å². The number of hydrogen-bond acceptors (Lipinski definition) is 2. The third kappa shape index (κ3) is 4.60. The maximum absolute atomic E-state index is 6.21. The first-order chi connectivity index (χ1) is 7.66. The first-order valence-corrected chi connectivity index (χ1v) is 6.78.